The van der Waals surface area contributed by atoms with Crippen molar-refractivity contribution in [2.24, 2.45) is 0 Å². The van der Waals surface area contributed by atoms with Gasteiger partial charge in [-0.25, -0.2) is 0 Å². The lowest BCUT2D eigenvalue weighted by Gasteiger charge is -2.35. The predicted octanol–water partition coefficient (Wildman–Crippen LogP) is 3.46. The molecule has 172 valence electrons. The molecule has 1 saturated heterocycles. The van der Waals surface area contributed by atoms with Gasteiger partial charge in [0, 0.05) is 31.7 Å². The summed E-state index contributed by atoms with van der Waals surface area (Å²) >= 11 is 0. The van der Waals surface area contributed by atoms with Crippen LogP contribution in [-0.4, -0.2) is 58.7 Å². The number of aromatic nitrogens is 2. The van der Waals surface area contributed by atoms with Crippen molar-refractivity contribution in [2.45, 2.75) is 20.4 Å². The molecule has 0 unspecified atom stereocenters. The zero-order valence-corrected chi connectivity index (χ0v) is 19.1. The average molecular weight is 449 g/mol. The summed E-state index contributed by atoms with van der Waals surface area (Å²) in [5.41, 5.74) is 4.24. The van der Waals surface area contributed by atoms with Gasteiger partial charge >= 0.3 is 5.69 Å². The van der Waals surface area contributed by atoms with Crippen LogP contribution in [0.4, 0.5) is 17.1 Å². The summed E-state index contributed by atoms with van der Waals surface area (Å²) in [5, 5.41) is 18.6. The molecule has 4 rings (SSSR count). The quantitative estimate of drug-likeness (QED) is 0.458. The van der Waals surface area contributed by atoms with Crippen LogP contribution in [0.1, 0.15) is 27.3 Å². The second-order valence-corrected chi connectivity index (χ2v) is 8.39. The smallest absolute Gasteiger partial charge is 0.312 e. The molecule has 1 aliphatic rings. The Bertz CT molecular complexity index is 1160. The first-order valence-corrected chi connectivity index (χ1v) is 10.9. The number of nitro groups is 1. The van der Waals surface area contributed by atoms with E-state index in [0.717, 1.165) is 43.1 Å². The van der Waals surface area contributed by atoms with Gasteiger partial charge in [0.1, 0.15) is 11.4 Å². The van der Waals surface area contributed by atoms with E-state index in [0.29, 0.717) is 23.5 Å². The molecule has 2 aromatic carbocycles. The van der Waals surface area contributed by atoms with Crippen LogP contribution >= 0.6 is 0 Å². The zero-order valence-electron chi connectivity index (χ0n) is 19.1. The van der Waals surface area contributed by atoms with Crippen LogP contribution in [0.25, 0.3) is 0 Å². The Kier molecular flexibility index (Phi) is 6.41. The van der Waals surface area contributed by atoms with Crippen molar-refractivity contribution in [3.05, 3.63) is 81.2 Å². The number of carbonyl (C=O) groups is 1. The number of aryl methyl sites for hydroxylation is 1. The number of likely N-dealkylation sites (N-methyl/N-ethyl adjacent to an activating group) is 1. The van der Waals surface area contributed by atoms with Crippen LogP contribution in [0.15, 0.2) is 48.5 Å². The van der Waals surface area contributed by atoms with Gasteiger partial charge in [-0.05, 0) is 50.7 Å². The first-order valence-electron chi connectivity index (χ1n) is 10.9. The van der Waals surface area contributed by atoms with Crippen LogP contribution < -0.4 is 10.2 Å². The van der Waals surface area contributed by atoms with Crippen LogP contribution in [0.3, 0.4) is 0 Å². The Labute approximate surface area is 192 Å². The highest BCUT2D eigenvalue weighted by molar-refractivity contribution is 6.06. The molecule has 0 aliphatic carbocycles. The fraction of sp³-hybridized carbons (Fsp3) is 0.333. The Hall–Kier alpha value is -3.72. The second-order valence-electron chi connectivity index (χ2n) is 8.39. The largest absolute Gasteiger partial charge is 0.367 e. The molecule has 0 radical (unpaired) electrons. The maximum Gasteiger partial charge on any atom is 0.312 e. The van der Waals surface area contributed by atoms with E-state index < -0.39 is 4.92 Å². The van der Waals surface area contributed by atoms with Crippen molar-refractivity contribution < 1.29 is 9.72 Å². The van der Waals surface area contributed by atoms with Gasteiger partial charge in [0.25, 0.3) is 5.91 Å². The third kappa shape index (κ3) is 4.88. The number of para-hydroxylation sites is 2. The predicted molar refractivity (Wildman–Crippen MR) is 128 cm³/mol. The third-order valence-electron chi connectivity index (χ3n) is 6.07. The minimum atomic E-state index is -0.401. The van der Waals surface area contributed by atoms with Crippen molar-refractivity contribution in [2.75, 3.05) is 43.4 Å². The van der Waals surface area contributed by atoms with E-state index in [1.165, 1.54) is 0 Å². The standard InChI is InChI=1S/C24H28N6O3/c1-17-23(30(32)33)18(2)29(26-17)16-19-8-10-20(11-9-19)24(31)25-21-6-4-5-7-22(21)28-14-12-27(3)13-15-28/h4-11H,12-16H2,1-3H3,(H,25,31). The second kappa shape index (κ2) is 9.41. The zero-order chi connectivity index (χ0) is 23.5. The fourth-order valence-electron chi connectivity index (χ4n) is 4.14. The molecule has 9 nitrogen and oxygen atoms in total. The molecule has 0 saturated carbocycles. The van der Waals surface area contributed by atoms with E-state index in [2.05, 4.69) is 27.3 Å². The average Bonchev–Trinajstić information content (AvgIpc) is 3.08. The number of piperazine rings is 1. The molecule has 1 fully saturated rings. The number of anilines is 2. The highest BCUT2D eigenvalue weighted by Gasteiger charge is 2.22. The van der Waals surface area contributed by atoms with Gasteiger partial charge < -0.3 is 15.1 Å². The van der Waals surface area contributed by atoms with Crippen LogP contribution in [0.5, 0.6) is 0 Å². The van der Waals surface area contributed by atoms with E-state index in [4.69, 9.17) is 0 Å². The van der Waals surface area contributed by atoms with E-state index in [9.17, 15) is 14.9 Å². The maximum absolute atomic E-state index is 12.9. The van der Waals surface area contributed by atoms with Crippen LogP contribution in [0, 0.1) is 24.0 Å². The number of carbonyl (C=O) groups excluding carboxylic acids is 1. The minimum Gasteiger partial charge on any atom is -0.367 e. The summed E-state index contributed by atoms with van der Waals surface area (Å²) in [6.07, 6.45) is 0. The van der Waals surface area contributed by atoms with Crippen molar-refractivity contribution in [1.29, 1.82) is 0 Å². The Balaban J connectivity index is 1.46. The number of benzene rings is 2. The van der Waals surface area contributed by atoms with Gasteiger partial charge in [-0.3, -0.25) is 19.6 Å². The summed E-state index contributed by atoms with van der Waals surface area (Å²) in [7, 11) is 2.12. The molecule has 3 aromatic rings. The molecule has 33 heavy (non-hydrogen) atoms. The summed E-state index contributed by atoms with van der Waals surface area (Å²) in [4.78, 5) is 28.3. The summed E-state index contributed by atoms with van der Waals surface area (Å²) in [5.74, 6) is -0.176. The lowest BCUT2D eigenvalue weighted by atomic mass is 10.1. The number of hydrogen-bond donors (Lipinski definition) is 1. The molecule has 1 N–H and O–H groups in total. The molecule has 9 heteroatoms. The van der Waals surface area contributed by atoms with E-state index in [1.807, 2.05) is 36.4 Å². The van der Waals surface area contributed by atoms with Gasteiger partial charge in [-0.15, -0.1) is 0 Å². The number of nitrogens with one attached hydrogen (secondary N) is 1. The summed E-state index contributed by atoms with van der Waals surface area (Å²) in [6.45, 7) is 7.54. The van der Waals surface area contributed by atoms with E-state index in [1.54, 1.807) is 30.7 Å². The first-order chi connectivity index (χ1) is 15.8. The number of nitrogens with zero attached hydrogens (tertiary/aromatic N) is 5. The summed E-state index contributed by atoms with van der Waals surface area (Å²) in [6, 6.07) is 15.1. The molecule has 2 heterocycles. The maximum atomic E-state index is 12.9. The van der Waals surface area contributed by atoms with E-state index in [-0.39, 0.29) is 11.6 Å². The molecule has 1 amide bonds. The molecule has 1 aromatic heterocycles. The van der Waals surface area contributed by atoms with Crippen LogP contribution in [0.2, 0.25) is 0 Å². The molecule has 0 bridgehead atoms. The number of hydrogen-bond acceptors (Lipinski definition) is 6. The third-order valence-corrected chi connectivity index (χ3v) is 6.07. The fourth-order valence-corrected chi connectivity index (χ4v) is 4.14. The van der Waals surface area contributed by atoms with Gasteiger partial charge in [-0.1, -0.05) is 24.3 Å². The lowest BCUT2D eigenvalue weighted by molar-refractivity contribution is -0.386. The number of rotatable bonds is 6. The van der Waals surface area contributed by atoms with Gasteiger partial charge in [0.05, 0.1) is 22.8 Å². The molecule has 0 atom stereocenters. The highest BCUT2D eigenvalue weighted by Crippen LogP contribution is 2.27. The molecular weight excluding hydrogens is 420 g/mol. The van der Waals surface area contributed by atoms with Crippen molar-refractivity contribution in [3.8, 4) is 0 Å². The first kappa shape index (κ1) is 22.5. The van der Waals surface area contributed by atoms with Gasteiger partial charge in [-0.2, -0.15) is 5.10 Å². The Morgan fingerprint density at radius 1 is 1.06 bits per heavy atom. The van der Waals surface area contributed by atoms with Gasteiger partial charge in [0.2, 0.25) is 0 Å². The monoisotopic (exact) mass is 448 g/mol. The van der Waals surface area contributed by atoms with E-state index >= 15 is 0 Å². The van der Waals surface area contributed by atoms with Crippen molar-refractivity contribution >= 4 is 23.0 Å². The Morgan fingerprint density at radius 2 is 1.73 bits per heavy atom. The Morgan fingerprint density at radius 3 is 2.36 bits per heavy atom. The molecule has 0 spiro atoms. The highest BCUT2D eigenvalue weighted by atomic mass is 16.6. The lowest BCUT2D eigenvalue weighted by Crippen LogP contribution is -2.44. The van der Waals surface area contributed by atoms with Gasteiger partial charge in [0.15, 0.2) is 0 Å². The molecular formula is C24H28N6O3. The normalized spacial score (nSPS) is 14.3. The van der Waals surface area contributed by atoms with Crippen LogP contribution in [-0.2, 0) is 6.54 Å². The topological polar surface area (TPSA) is 96.5 Å². The SMILES string of the molecule is Cc1nn(Cc2ccc(C(=O)Nc3ccccc3N3CCN(C)CC3)cc2)c(C)c1[N+](=O)[O-]. The summed E-state index contributed by atoms with van der Waals surface area (Å²) < 4.78 is 1.62. The van der Waals surface area contributed by atoms with Crippen molar-refractivity contribution in [1.82, 2.24) is 14.7 Å². The van der Waals surface area contributed by atoms with Crippen molar-refractivity contribution in [3.63, 3.8) is 0 Å². The minimum absolute atomic E-state index is 0.0463. The molecule has 1 aliphatic heterocycles. The number of amides is 1.